The Hall–Kier alpha value is -1.07. The van der Waals surface area contributed by atoms with Crippen molar-refractivity contribution in [2.45, 2.75) is 39.0 Å². The van der Waals surface area contributed by atoms with Crippen LogP contribution in [0.25, 0.3) is 0 Å². The zero-order valence-corrected chi connectivity index (χ0v) is 11.8. The molecule has 0 aliphatic carbocycles. The van der Waals surface area contributed by atoms with Crippen molar-refractivity contribution in [2.75, 3.05) is 13.2 Å². The highest BCUT2D eigenvalue weighted by Crippen LogP contribution is 2.36. The summed E-state index contributed by atoms with van der Waals surface area (Å²) in [4.78, 5) is 12.4. The molecule has 0 amide bonds. The Kier molecular flexibility index (Phi) is 5.16. The van der Waals surface area contributed by atoms with E-state index in [2.05, 4.69) is 0 Å². The van der Waals surface area contributed by atoms with Crippen LogP contribution in [0.15, 0.2) is 6.07 Å². The summed E-state index contributed by atoms with van der Waals surface area (Å²) in [7, 11) is 0. The van der Waals surface area contributed by atoms with Gasteiger partial charge in [0, 0.05) is 11.5 Å². The van der Waals surface area contributed by atoms with Gasteiger partial charge in [-0.3, -0.25) is 0 Å². The van der Waals surface area contributed by atoms with Gasteiger partial charge in [-0.2, -0.15) is 0 Å². The van der Waals surface area contributed by atoms with Crippen LogP contribution in [-0.4, -0.2) is 29.4 Å². The van der Waals surface area contributed by atoms with Gasteiger partial charge < -0.3 is 14.9 Å². The predicted octanol–water partition coefficient (Wildman–Crippen LogP) is 2.90. The number of aliphatic hydroxyl groups is 1. The van der Waals surface area contributed by atoms with E-state index in [1.807, 2.05) is 26.8 Å². The van der Waals surface area contributed by atoms with Crippen molar-refractivity contribution >= 4 is 17.3 Å². The monoisotopic (exact) mass is 272 g/mol. The lowest BCUT2D eigenvalue weighted by Crippen LogP contribution is -2.08. The molecule has 0 saturated heterocycles. The molecule has 1 rings (SSSR count). The van der Waals surface area contributed by atoms with Gasteiger partial charge in [0.25, 0.3) is 0 Å². The van der Waals surface area contributed by atoms with Crippen molar-refractivity contribution in [3.8, 4) is 5.75 Å². The van der Waals surface area contributed by atoms with Crippen LogP contribution in [0.5, 0.6) is 5.75 Å². The fourth-order valence-electron chi connectivity index (χ4n) is 1.40. The molecule has 0 saturated carbocycles. The number of carboxylic acid groups (broad SMARTS) is 1. The Morgan fingerprint density at radius 2 is 2.06 bits per heavy atom. The van der Waals surface area contributed by atoms with Crippen molar-refractivity contribution in [3.63, 3.8) is 0 Å². The molecule has 4 nitrogen and oxygen atoms in total. The maximum absolute atomic E-state index is 11.1. The lowest BCUT2D eigenvalue weighted by molar-refractivity contribution is 0.0698. The number of ether oxygens (including phenoxy) is 1. The summed E-state index contributed by atoms with van der Waals surface area (Å²) < 4.78 is 5.49. The average Bonchev–Trinajstić information content (AvgIpc) is 2.68. The Balaban J connectivity index is 2.82. The van der Waals surface area contributed by atoms with E-state index in [0.717, 1.165) is 11.3 Å². The van der Waals surface area contributed by atoms with Crippen LogP contribution in [0.3, 0.4) is 0 Å². The molecule has 0 radical (unpaired) electrons. The second-order valence-electron chi connectivity index (χ2n) is 5.14. The first-order valence-electron chi connectivity index (χ1n) is 5.97. The quantitative estimate of drug-likeness (QED) is 0.781. The number of carbonyl (C=O) groups is 1. The highest BCUT2D eigenvalue weighted by atomic mass is 32.1. The number of hydrogen-bond acceptors (Lipinski definition) is 4. The molecule has 0 spiro atoms. The fraction of sp³-hybridized carbons (Fsp3) is 0.615. The lowest BCUT2D eigenvalue weighted by Gasteiger charge is -2.14. The molecule has 0 atom stereocenters. The maximum atomic E-state index is 11.1. The first kappa shape index (κ1) is 15.0. The molecule has 18 heavy (non-hydrogen) atoms. The van der Waals surface area contributed by atoms with E-state index in [4.69, 9.17) is 14.9 Å². The van der Waals surface area contributed by atoms with Crippen LogP contribution in [0, 0.1) is 0 Å². The van der Waals surface area contributed by atoms with Crippen LogP contribution in [0.2, 0.25) is 0 Å². The van der Waals surface area contributed by atoms with Crippen LogP contribution in [0.1, 0.15) is 48.2 Å². The second kappa shape index (κ2) is 6.20. The van der Waals surface area contributed by atoms with E-state index < -0.39 is 5.97 Å². The first-order valence-corrected chi connectivity index (χ1v) is 6.79. The fourth-order valence-corrected chi connectivity index (χ4v) is 2.39. The van der Waals surface area contributed by atoms with Gasteiger partial charge in [-0.15, -0.1) is 11.3 Å². The van der Waals surface area contributed by atoms with Crippen LogP contribution in [-0.2, 0) is 5.41 Å². The number of aliphatic hydroxyl groups excluding tert-OH is 1. The second-order valence-corrected chi connectivity index (χ2v) is 6.19. The van der Waals surface area contributed by atoms with Crippen LogP contribution in [0.4, 0.5) is 0 Å². The number of thiophene rings is 1. The van der Waals surface area contributed by atoms with E-state index in [1.165, 1.54) is 11.3 Å². The summed E-state index contributed by atoms with van der Waals surface area (Å²) in [6, 6.07) is 1.81. The molecule has 1 heterocycles. The highest BCUT2D eigenvalue weighted by molar-refractivity contribution is 7.14. The van der Waals surface area contributed by atoms with Crippen molar-refractivity contribution in [1.82, 2.24) is 0 Å². The smallest absolute Gasteiger partial charge is 0.349 e. The molecule has 0 bridgehead atoms. The summed E-state index contributed by atoms with van der Waals surface area (Å²) in [6.07, 6.45) is 1.38. The maximum Gasteiger partial charge on any atom is 0.349 e. The largest absolute Gasteiger partial charge is 0.492 e. The van der Waals surface area contributed by atoms with Gasteiger partial charge in [-0.1, -0.05) is 20.8 Å². The number of rotatable bonds is 6. The van der Waals surface area contributed by atoms with Gasteiger partial charge in [0.15, 0.2) is 4.88 Å². The van der Waals surface area contributed by atoms with E-state index in [1.54, 1.807) is 0 Å². The van der Waals surface area contributed by atoms with E-state index in [0.29, 0.717) is 18.8 Å². The topological polar surface area (TPSA) is 66.8 Å². The SMILES string of the molecule is CC(C)(C)c1cc(OCCCCO)c(C(=O)O)s1. The molecule has 1 aromatic rings. The summed E-state index contributed by atoms with van der Waals surface area (Å²) in [5.74, 6) is -0.511. The molecule has 2 N–H and O–H groups in total. The van der Waals surface area contributed by atoms with Crippen molar-refractivity contribution in [3.05, 3.63) is 15.8 Å². The van der Waals surface area contributed by atoms with Crippen LogP contribution < -0.4 is 4.74 Å². The molecule has 1 aromatic heterocycles. The zero-order chi connectivity index (χ0) is 13.8. The minimum absolute atomic E-state index is 0.0818. The Labute approximate surface area is 111 Å². The predicted molar refractivity (Wildman–Crippen MR) is 71.8 cm³/mol. The Morgan fingerprint density at radius 1 is 1.39 bits per heavy atom. The number of hydrogen-bond donors (Lipinski definition) is 2. The summed E-state index contributed by atoms with van der Waals surface area (Å²) in [6.45, 7) is 6.69. The van der Waals surface area contributed by atoms with Crippen molar-refractivity contribution in [1.29, 1.82) is 0 Å². The Bertz CT molecular complexity index is 404. The molecule has 0 unspecified atom stereocenters. The summed E-state index contributed by atoms with van der Waals surface area (Å²) >= 11 is 1.26. The molecule has 0 aromatic carbocycles. The van der Waals surface area contributed by atoms with Crippen molar-refractivity contribution in [2.24, 2.45) is 0 Å². The summed E-state index contributed by atoms with van der Waals surface area (Å²) in [5.41, 5.74) is -0.0818. The molecular formula is C13H20O4S. The molecular weight excluding hydrogens is 252 g/mol. The third kappa shape index (κ3) is 3.99. The van der Waals surface area contributed by atoms with E-state index in [-0.39, 0.29) is 16.9 Å². The minimum atomic E-state index is -0.951. The van der Waals surface area contributed by atoms with Gasteiger partial charge >= 0.3 is 5.97 Å². The minimum Gasteiger partial charge on any atom is -0.492 e. The molecule has 102 valence electrons. The van der Waals surface area contributed by atoms with Gasteiger partial charge in [0.2, 0.25) is 0 Å². The number of carboxylic acids is 1. The summed E-state index contributed by atoms with van der Waals surface area (Å²) in [5, 5.41) is 17.8. The standard InChI is InChI=1S/C13H20O4S/c1-13(2,3)10-8-9(11(18-10)12(15)16)17-7-5-4-6-14/h8,14H,4-7H2,1-3H3,(H,15,16). The third-order valence-electron chi connectivity index (χ3n) is 2.44. The normalized spacial score (nSPS) is 11.6. The van der Waals surface area contributed by atoms with Gasteiger partial charge in [0.1, 0.15) is 5.75 Å². The molecule has 0 aliphatic heterocycles. The van der Waals surface area contributed by atoms with Gasteiger partial charge in [-0.05, 0) is 24.3 Å². The first-order chi connectivity index (χ1) is 8.36. The van der Waals surface area contributed by atoms with Crippen LogP contribution >= 0.6 is 11.3 Å². The molecule has 0 aliphatic rings. The average molecular weight is 272 g/mol. The molecule has 0 fully saturated rings. The van der Waals surface area contributed by atoms with Gasteiger partial charge in [-0.25, -0.2) is 4.79 Å². The van der Waals surface area contributed by atoms with E-state index >= 15 is 0 Å². The van der Waals surface area contributed by atoms with E-state index in [9.17, 15) is 4.79 Å². The Morgan fingerprint density at radius 3 is 2.56 bits per heavy atom. The lowest BCUT2D eigenvalue weighted by atomic mass is 9.95. The number of aromatic carboxylic acids is 1. The zero-order valence-electron chi connectivity index (χ0n) is 11.0. The highest BCUT2D eigenvalue weighted by Gasteiger charge is 2.23. The van der Waals surface area contributed by atoms with Crippen molar-refractivity contribution < 1.29 is 19.7 Å². The number of unbranched alkanes of at least 4 members (excludes halogenated alkanes) is 1. The molecule has 5 heteroatoms. The van der Waals surface area contributed by atoms with Gasteiger partial charge in [0.05, 0.1) is 6.61 Å². The third-order valence-corrected chi connectivity index (χ3v) is 3.97.